The highest BCUT2D eigenvalue weighted by Crippen LogP contribution is 2.31. The van der Waals surface area contributed by atoms with E-state index < -0.39 is 0 Å². The summed E-state index contributed by atoms with van der Waals surface area (Å²) in [6, 6.07) is 8.42. The smallest absolute Gasteiger partial charge is 0.156 e. The number of aromatic amines is 2. The number of benzene rings is 2. The van der Waals surface area contributed by atoms with Crippen molar-refractivity contribution >= 4 is 11.0 Å². The predicted molar refractivity (Wildman–Crippen MR) is 102 cm³/mol. The van der Waals surface area contributed by atoms with E-state index in [2.05, 4.69) is 20.2 Å². The minimum Gasteiger partial charge on any atom is -0.496 e. The van der Waals surface area contributed by atoms with Crippen LogP contribution in [0.4, 0.5) is 4.39 Å². The van der Waals surface area contributed by atoms with Crippen LogP contribution in [0, 0.1) is 12.7 Å². The van der Waals surface area contributed by atoms with Crippen molar-refractivity contribution in [2.75, 3.05) is 7.11 Å². The second-order valence-corrected chi connectivity index (χ2v) is 6.50. The Kier molecular flexibility index (Phi) is 4.58. The largest absolute Gasteiger partial charge is 0.496 e. The Morgan fingerprint density at radius 3 is 2.64 bits per heavy atom. The zero-order valence-corrected chi connectivity index (χ0v) is 15.4. The van der Waals surface area contributed by atoms with Crippen LogP contribution >= 0.6 is 0 Å². The highest BCUT2D eigenvalue weighted by Gasteiger charge is 2.15. The molecule has 0 amide bonds. The van der Waals surface area contributed by atoms with E-state index in [1.54, 1.807) is 31.2 Å². The first-order chi connectivity index (χ1) is 13.5. The van der Waals surface area contributed by atoms with Crippen LogP contribution in [0.2, 0.25) is 0 Å². The number of aliphatic hydroxyl groups is 2. The molecule has 0 spiro atoms. The van der Waals surface area contributed by atoms with Crippen molar-refractivity contribution in [3.8, 4) is 28.5 Å². The third-order valence-electron chi connectivity index (χ3n) is 4.74. The number of fused-ring (bicyclic) bond motifs is 1. The fraction of sp³-hybridized carbons (Fsp3) is 0.200. The topological polar surface area (TPSA) is 107 Å². The number of methoxy groups -OCH3 is 1. The lowest BCUT2D eigenvalue weighted by Gasteiger charge is -2.12. The number of aliphatic hydroxyl groups excluding tert-OH is 2. The number of H-pyrrole nitrogens is 2. The van der Waals surface area contributed by atoms with Crippen LogP contribution in [0.3, 0.4) is 0 Å². The number of nitrogens with one attached hydrogen (secondary N) is 2. The lowest BCUT2D eigenvalue weighted by Crippen LogP contribution is -1.99. The van der Waals surface area contributed by atoms with Gasteiger partial charge in [-0.2, -0.15) is 5.10 Å². The van der Waals surface area contributed by atoms with Crippen LogP contribution in [-0.2, 0) is 13.2 Å². The standard InChI is InChI=1S/C20H19FN4O3/c1-10-3-16-17(6-14(10)21)23-20(22-16)18-7-15(24-25-18)11-4-12(8-26)13(9-27)19(5-11)28-2/h3-7,26-27H,8-9H2,1-2H3,(H,22,23)(H,24,25). The predicted octanol–water partition coefficient (Wildman–Crippen LogP) is 3.06. The third-order valence-corrected chi connectivity index (χ3v) is 4.74. The SMILES string of the molecule is COc1cc(-c2cc(-c3nc4cc(F)c(C)cc4[nH]3)[nH]n2)cc(CO)c1CO. The zero-order valence-electron chi connectivity index (χ0n) is 15.4. The summed E-state index contributed by atoms with van der Waals surface area (Å²) in [5.41, 5.74) is 4.90. The van der Waals surface area contributed by atoms with Crippen molar-refractivity contribution in [2.24, 2.45) is 0 Å². The molecule has 144 valence electrons. The molecule has 2 aromatic carbocycles. The Hall–Kier alpha value is -3.23. The fourth-order valence-corrected chi connectivity index (χ4v) is 3.21. The summed E-state index contributed by atoms with van der Waals surface area (Å²) in [5, 5.41) is 26.4. The molecule has 2 aromatic heterocycles. The molecule has 8 heteroatoms. The first-order valence-electron chi connectivity index (χ1n) is 8.67. The molecule has 0 bridgehead atoms. The molecule has 28 heavy (non-hydrogen) atoms. The van der Waals surface area contributed by atoms with Crippen molar-refractivity contribution in [3.63, 3.8) is 0 Å². The summed E-state index contributed by atoms with van der Waals surface area (Å²) in [6.45, 7) is 1.23. The number of rotatable bonds is 5. The molecule has 0 unspecified atom stereocenters. The Balaban J connectivity index is 1.76. The molecule has 0 fully saturated rings. The fourth-order valence-electron chi connectivity index (χ4n) is 3.21. The average molecular weight is 382 g/mol. The minimum absolute atomic E-state index is 0.230. The molecule has 0 radical (unpaired) electrons. The number of hydrogen-bond donors (Lipinski definition) is 4. The van der Waals surface area contributed by atoms with Crippen LogP contribution in [0.5, 0.6) is 5.75 Å². The molecular formula is C20H19FN4O3. The highest BCUT2D eigenvalue weighted by atomic mass is 19.1. The van der Waals surface area contributed by atoms with Gasteiger partial charge in [-0.25, -0.2) is 9.37 Å². The molecule has 0 saturated carbocycles. The molecule has 2 heterocycles. The first-order valence-corrected chi connectivity index (χ1v) is 8.67. The van der Waals surface area contributed by atoms with Gasteiger partial charge in [-0.05, 0) is 42.3 Å². The summed E-state index contributed by atoms with van der Waals surface area (Å²) in [4.78, 5) is 7.58. The van der Waals surface area contributed by atoms with E-state index in [9.17, 15) is 14.6 Å². The molecule has 7 nitrogen and oxygen atoms in total. The minimum atomic E-state index is -0.302. The number of nitrogens with zero attached hydrogens (tertiary/aromatic N) is 2. The Labute approximate surface area is 159 Å². The van der Waals surface area contributed by atoms with Gasteiger partial charge in [0.05, 0.1) is 37.1 Å². The van der Waals surface area contributed by atoms with Crippen LogP contribution in [-0.4, -0.2) is 37.5 Å². The molecule has 0 saturated heterocycles. The van der Waals surface area contributed by atoms with Gasteiger partial charge in [0.2, 0.25) is 0 Å². The van der Waals surface area contributed by atoms with Gasteiger partial charge in [-0.3, -0.25) is 5.10 Å². The van der Waals surface area contributed by atoms with Crippen LogP contribution in [0.15, 0.2) is 30.3 Å². The number of hydrogen-bond acceptors (Lipinski definition) is 5. The lowest BCUT2D eigenvalue weighted by molar-refractivity contribution is 0.254. The summed E-state index contributed by atoms with van der Waals surface area (Å²) < 4.78 is 19.1. The monoisotopic (exact) mass is 382 g/mol. The van der Waals surface area contributed by atoms with E-state index in [0.717, 1.165) is 11.1 Å². The number of halogens is 1. The molecule has 0 aliphatic carbocycles. The van der Waals surface area contributed by atoms with Gasteiger partial charge in [-0.1, -0.05) is 0 Å². The molecule has 0 aliphatic rings. The summed E-state index contributed by atoms with van der Waals surface area (Å²) in [7, 11) is 1.50. The van der Waals surface area contributed by atoms with Crippen molar-refractivity contribution < 1.29 is 19.3 Å². The van der Waals surface area contributed by atoms with E-state index in [4.69, 9.17) is 4.74 Å². The van der Waals surface area contributed by atoms with Gasteiger partial charge in [0.25, 0.3) is 0 Å². The second-order valence-electron chi connectivity index (χ2n) is 6.50. The van der Waals surface area contributed by atoms with E-state index >= 15 is 0 Å². The molecular weight excluding hydrogens is 363 g/mol. The molecule has 4 aromatic rings. The Morgan fingerprint density at radius 2 is 1.93 bits per heavy atom. The maximum Gasteiger partial charge on any atom is 0.156 e. The lowest BCUT2D eigenvalue weighted by atomic mass is 10.0. The van der Waals surface area contributed by atoms with Gasteiger partial charge in [0.1, 0.15) is 17.3 Å². The number of imidazole rings is 1. The van der Waals surface area contributed by atoms with Gasteiger partial charge < -0.3 is 19.9 Å². The van der Waals surface area contributed by atoms with Gasteiger partial charge in [-0.15, -0.1) is 0 Å². The number of ether oxygens (including phenoxy) is 1. The quantitative estimate of drug-likeness (QED) is 0.424. The average Bonchev–Trinajstić information content (AvgIpc) is 3.34. The van der Waals surface area contributed by atoms with E-state index in [-0.39, 0.29) is 19.0 Å². The normalized spacial score (nSPS) is 11.3. The van der Waals surface area contributed by atoms with Crippen LogP contribution in [0.1, 0.15) is 16.7 Å². The molecule has 0 atom stereocenters. The summed E-state index contributed by atoms with van der Waals surface area (Å²) >= 11 is 0. The second kappa shape index (κ2) is 7.06. The van der Waals surface area contributed by atoms with Crippen LogP contribution in [0.25, 0.3) is 33.8 Å². The van der Waals surface area contributed by atoms with E-state index in [1.807, 2.05) is 0 Å². The molecule has 4 N–H and O–H groups in total. The van der Waals surface area contributed by atoms with Gasteiger partial charge in [0.15, 0.2) is 5.82 Å². The van der Waals surface area contributed by atoms with E-state index in [1.165, 1.54) is 13.2 Å². The number of aromatic nitrogens is 4. The van der Waals surface area contributed by atoms with Gasteiger partial charge in [0, 0.05) is 17.2 Å². The molecule has 4 rings (SSSR count). The van der Waals surface area contributed by atoms with Crippen molar-refractivity contribution in [2.45, 2.75) is 20.1 Å². The van der Waals surface area contributed by atoms with Gasteiger partial charge >= 0.3 is 0 Å². The Bertz CT molecular complexity index is 1100. The van der Waals surface area contributed by atoms with Crippen molar-refractivity contribution in [1.29, 1.82) is 0 Å². The zero-order chi connectivity index (χ0) is 19.8. The van der Waals surface area contributed by atoms with E-state index in [0.29, 0.717) is 45.2 Å². The van der Waals surface area contributed by atoms with Crippen molar-refractivity contribution in [1.82, 2.24) is 20.2 Å². The third kappa shape index (κ3) is 3.02. The maximum atomic E-state index is 13.8. The van der Waals surface area contributed by atoms with Crippen molar-refractivity contribution in [3.05, 3.63) is 52.8 Å². The Morgan fingerprint density at radius 1 is 1.11 bits per heavy atom. The van der Waals surface area contributed by atoms with Crippen LogP contribution < -0.4 is 4.74 Å². The summed E-state index contributed by atoms with van der Waals surface area (Å²) in [6.07, 6.45) is 0. The maximum absolute atomic E-state index is 13.8. The number of aryl methyl sites for hydroxylation is 1. The molecule has 0 aliphatic heterocycles. The highest BCUT2D eigenvalue weighted by molar-refractivity contribution is 5.80. The first kappa shape index (κ1) is 18.1. The summed E-state index contributed by atoms with van der Waals surface area (Å²) in [5.74, 6) is 0.715.